The minimum atomic E-state index is 0.00925. The monoisotopic (exact) mass is 437 g/mol. The number of aryl methyl sites for hydroxylation is 2. The summed E-state index contributed by atoms with van der Waals surface area (Å²) in [7, 11) is 0. The lowest BCUT2D eigenvalue weighted by molar-refractivity contribution is -0.116. The first-order valence-electron chi connectivity index (χ1n) is 11.6. The molecule has 1 N–H and O–H groups in total. The number of rotatable bonds is 7. The van der Waals surface area contributed by atoms with Crippen molar-refractivity contribution in [3.8, 4) is 6.07 Å². The van der Waals surface area contributed by atoms with Crippen LogP contribution < -0.4 is 5.32 Å². The van der Waals surface area contributed by atoms with E-state index >= 15 is 0 Å². The Morgan fingerprint density at radius 2 is 1.94 bits per heavy atom. The molecule has 0 saturated heterocycles. The molecule has 0 spiro atoms. The predicted molar refractivity (Wildman–Crippen MR) is 121 cm³/mol. The topological polar surface area (TPSA) is 83.6 Å². The number of hydrogen-bond acceptors (Lipinski definition) is 5. The van der Waals surface area contributed by atoms with Gasteiger partial charge in [-0.25, -0.2) is 4.98 Å². The highest BCUT2D eigenvalue weighted by molar-refractivity contribution is 7.13. The summed E-state index contributed by atoms with van der Waals surface area (Å²) in [6, 6.07) is 2.16. The molecular weight excluding hydrogens is 406 g/mol. The Labute approximate surface area is 188 Å². The molecule has 2 heterocycles. The molecule has 4 aliphatic carbocycles. The third-order valence-corrected chi connectivity index (χ3v) is 8.66. The molecule has 4 aliphatic rings. The molecule has 0 radical (unpaired) electrons. The van der Waals surface area contributed by atoms with Gasteiger partial charge in [-0.3, -0.25) is 9.48 Å². The number of amides is 1. The van der Waals surface area contributed by atoms with Gasteiger partial charge in [0.25, 0.3) is 0 Å². The van der Waals surface area contributed by atoms with Crippen LogP contribution in [0.15, 0.2) is 5.38 Å². The van der Waals surface area contributed by atoms with E-state index in [1.165, 1.54) is 44.2 Å². The molecular formula is C24H31N5OS. The van der Waals surface area contributed by atoms with E-state index in [4.69, 9.17) is 10.2 Å². The van der Waals surface area contributed by atoms with Crippen LogP contribution in [0.2, 0.25) is 0 Å². The fraction of sp³-hybridized carbons (Fsp3) is 0.667. The van der Waals surface area contributed by atoms with Crippen molar-refractivity contribution in [3.05, 3.63) is 28.0 Å². The minimum absolute atomic E-state index is 0.00925. The summed E-state index contributed by atoms with van der Waals surface area (Å²) in [5, 5.41) is 19.3. The predicted octanol–water partition coefficient (Wildman–Crippen LogP) is 4.91. The van der Waals surface area contributed by atoms with Crippen LogP contribution >= 0.6 is 11.3 Å². The van der Waals surface area contributed by atoms with Gasteiger partial charge in [-0.2, -0.15) is 10.4 Å². The molecule has 2 aromatic heterocycles. The Morgan fingerprint density at radius 1 is 1.26 bits per heavy atom. The third kappa shape index (κ3) is 3.91. The maximum atomic E-state index is 12.6. The van der Waals surface area contributed by atoms with Crippen LogP contribution in [-0.4, -0.2) is 20.7 Å². The van der Waals surface area contributed by atoms with Gasteiger partial charge in [-0.15, -0.1) is 11.3 Å². The number of carbonyl (C=O) groups excluding carboxylic acids is 1. The van der Waals surface area contributed by atoms with Crippen LogP contribution in [0.3, 0.4) is 0 Å². The number of nitrogens with zero attached hydrogens (tertiary/aromatic N) is 4. The molecule has 1 amide bonds. The highest BCUT2D eigenvalue weighted by Gasteiger charge is 2.52. The smallest absolute Gasteiger partial charge is 0.226 e. The lowest BCUT2D eigenvalue weighted by atomic mass is 9.49. The molecule has 0 aliphatic heterocycles. The van der Waals surface area contributed by atoms with Gasteiger partial charge in [0.2, 0.25) is 5.91 Å². The molecule has 0 aromatic carbocycles. The molecule has 6 rings (SSSR count). The number of nitrogens with one attached hydrogen (secondary N) is 1. The summed E-state index contributed by atoms with van der Waals surface area (Å²) in [5.41, 5.74) is 4.62. The Morgan fingerprint density at radius 3 is 2.58 bits per heavy atom. The van der Waals surface area contributed by atoms with Gasteiger partial charge in [0.15, 0.2) is 5.13 Å². The second-order valence-corrected chi connectivity index (χ2v) is 10.9. The summed E-state index contributed by atoms with van der Waals surface area (Å²) in [6.07, 6.45) is 9.69. The lowest BCUT2D eigenvalue weighted by Gasteiger charge is -2.56. The summed E-state index contributed by atoms with van der Waals surface area (Å²) in [5.74, 6) is 2.69. The molecule has 2 aromatic rings. The van der Waals surface area contributed by atoms with Gasteiger partial charge < -0.3 is 5.32 Å². The molecule has 0 unspecified atom stereocenters. The van der Waals surface area contributed by atoms with E-state index < -0.39 is 0 Å². The number of anilines is 1. The molecule has 31 heavy (non-hydrogen) atoms. The van der Waals surface area contributed by atoms with Crippen LogP contribution in [0.4, 0.5) is 5.13 Å². The fourth-order valence-electron chi connectivity index (χ4n) is 6.89. The molecule has 6 nitrogen and oxygen atoms in total. The SMILES string of the molecule is Cc1nn(CCC#N)c(C)c1CCC(=O)Nc1nc(C23CC4CC(CC(C4)C2)C3)cs1. The molecule has 0 atom stereocenters. The average Bonchev–Trinajstić information content (AvgIpc) is 3.29. The lowest BCUT2D eigenvalue weighted by Crippen LogP contribution is -2.48. The molecule has 4 saturated carbocycles. The van der Waals surface area contributed by atoms with Crippen molar-refractivity contribution in [2.45, 2.75) is 83.6 Å². The van der Waals surface area contributed by atoms with E-state index in [2.05, 4.69) is 21.9 Å². The van der Waals surface area contributed by atoms with E-state index in [1.807, 2.05) is 18.5 Å². The van der Waals surface area contributed by atoms with Crippen molar-refractivity contribution in [1.82, 2.24) is 14.8 Å². The number of nitriles is 1. The average molecular weight is 438 g/mol. The molecule has 7 heteroatoms. The first-order valence-corrected chi connectivity index (χ1v) is 12.5. The van der Waals surface area contributed by atoms with Gasteiger partial charge >= 0.3 is 0 Å². The van der Waals surface area contributed by atoms with Crippen molar-refractivity contribution < 1.29 is 4.79 Å². The van der Waals surface area contributed by atoms with E-state index in [1.54, 1.807) is 11.3 Å². The number of aromatic nitrogens is 3. The number of carbonyl (C=O) groups is 1. The van der Waals surface area contributed by atoms with Crippen LogP contribution in [-0.2, 0) is 23.2 Å². The highest BCUT2D eigenvalue weighted by atomic mass is 32.1. The summed E-state index contributed by atoms with van der Waals surface area (Å²) < 4.78 is 1.88. The van der Waals surface area contributed by atoms with Gasteiger partial charge in [0, 0.05) is 22.9 Å². The summed E-state index contributed by atoms with van der Waals surface area (Å²) in [6.45, 7) is 4.59. The van der Waals surface area contributed by atoms with Crippen molar-refractivity contribution in [2.75, 3.05) is 5.32 Å². The van der Waals surface area contributed by atoms with E-state index in [0.717, 1.165) is 39.8 Å². The Kier molecular flexibility index (Phi) is 5.37. The van der Waals surface area contributed by atoms with Gasteiger partial charge in [-0.1, -0.05) is 0 Å². The fourth-order valence-corrected chi connectivity index (χ4v) is 7.74. The second kappa shape index (κ2) is 8.05. The largest absolute Gasteiger partial charge is 0.302 e. The van der Waals surface area contributed by atoms with Crippen LogP contribution in [0.1, 0.15) is 74.0 Å². The van der Waals surface area contributed by atoms with E-state index in [0.29, 0.717) is 25.8 Å². The van der Waals surface area contributed by atoms with Gasteiger partial charge in [0.1, 0.15) is 0 Å². The third-order valence-electron chi connectivity index (χ3n) is 7.90. The van der Waals surface area contributed by atoms with Gasteiger partial charge in [-0.05, 0) is 82.1 Å². The number of hydrogen-bond donors (Lipinski definition) is 1. The maximum Gasteiger partial charge on any atom is 0.226 e. The zero-order valence-corrected chi connectivity index (χ0v) is 19.3. The highest BCUT2D eigenvalue weighted by Crippen LogP contribution is 2.60. The van der Waals surface area contributed by atoms with Crippen LogP contribution in [0.25, 0.3) is 0 Å². The van der Waals surface area contributed by atoms with E-state index in [9.17, 15) is 4.79 Å². The Hall–Kier alpha value is -2.20. The standard InChI is InChI=1S/C24H31N5OS/c1-15-20(16(2)29(28-15)7-3-6-25)4-5-22(30)27-23-26-21(14-31-23)24-11-17-8-18(12-24)10-19(9-17)13-24/h14,17-19H,3-5,7-13H2,1-2H3,(H,26,27,30). The van der Waals surface area contributed by atoms with Crippen molar-refractivity contribution >= 4 is 22.4 Å². The zero-order valence-electron chi connectivity index (χ0n) is 18.5. The Bertz CT molecular complexity index is 994. The summed E-state index contributed by atoms with van der Waals surface area (Å²) >= 11 is 1.58. The van der Waals surface area contributed by atoms with Crippen LogP contribution in [0, 0.1) is 42.9 Å². The van der Waals surface area contributed by atoms with Crippen molar-refractivity contribution in [1.29, 1.82) is 5.26 Å². The second-order valence-electron chi connectivity index (χ2n) is 10.1. The van der Waals surface area contributed by atoms with Crippen molar-refractivity contribution in [2.24, 2.45) is 17.8 Å². The van der Waals surface area contributed by atoms with Crippen LogP contribution in [0.5, 0.6) is 0 Å². The summed E-state index contributed by atoms with van der Waals surface area (Å²) in [4.78, 5) is 17.5. The maximum absolute atomic E-state index is 12.6. The first-order chi connectivity index (χ1) is 15.0. The van der Waals surface area contributed by atoms with Gasteiger partial charge in [0.05, 0.1) is 30.4 Å². The molecule has 4 fully saturated rings. The van der Waals surface area contributed by atoms with Crippen molar-refractivity contribution in [3.63, 3.8) is 0 Å². The normalized spacial score (nSPS) is 28.6. The molecule has 164 valence electrons. The van der Waals surface area contributed by atoms with E-state index in [-0.39, 0.29) is 11.3 Å². The molecule has 4 bridgehead atoms. The quantitative estimate of drug-likeness (QED) is 0.667. The number of thiazole rings is 1. The Balaban J connectivity index is 1.20. The first kappa shape index (κ1) is 20.7. The zero-order chi connectivity index (χ0) is 21.6. The minimum Gasteiger partial charge on any atom is -0.302 e.